The van der Waals surface area contributed by atoms with Crippen LogP contribution >= 0.6 is 0 Å². The molecule has 0 aromatic heterocycles. The van der Waals surface area contributed by atoms with Gasteiger partial charge in [0.1, 0.15) is 11.5 Å². The highest BCUT2D eigenvalue weighted by Gasteiger charge is 2.28. The number of hydrogen-bond donors (Lipinski definition) is 2. The number of nitrogens with two attached hydrogens (primary N) is 1. The van der Waals surface area contributed by atoms with Crippen LogP contribution in [0.1, 0.15) is 46.3 Å². The second kappa shape index (κ2) is 9.02. The van der Waals surface area contributed by atoms with Crippen LogP contribution in [0.5, 0.6) is 5.75 Å². The molecule has 0 spiro atoms. The summed E-state index contributed by atoms with van der Waals surface area (Å²) in [6.45, 7) is 1.22. The molecule has 1 atom stereocenters. The first-order chi connectivity index (χ1) is 14.9. The number of benzene rings is 2. The second-order valence-electron chi connectivity index (χ2n) is 8.75. The Morgan fingerprint density at radius 2 is 1.71 bits per heavy atom. The van der Waals surface area contributed by atoms with Gasteiger partial charge in [-0.15, -0.1) is 0 Å². The first kappa shape index (κ1) is 21.2. The van der Waals surface area contributed by atoms with Crippen LogP contribution in [0.4, 0.5) is 0 Å². The van der Waals surface area contributed by atoms with E-state index in [9.17, 15) is 19.5 Å². The zero-order valence-corrected chi connectivity index (χ0v) is 17.5. The topological polar surface area (TPSA) is 101 Å². The molecule has 6 heteroatoms. The van der Waals surface area contributed by atoms with Gasteiger partial charge in [0.2, 0.25) is 5.91 Å². The number of likely N-dealkylation sites (tertiary alicyclic amines) is 1. The van der Waals surface area contributed by atoms with Crippen molar-refractivity contribution < 1.29 is 19.5 Å². The Labute approximate surface area is 182 Å². The maximum atomic E-state index is 12.7. The lowest BCUT2D eigenvalue weighted by atomic mass is 9.89. The number of piperidine rings is 1. The molecule has 0 unspecified atom stereocenters. The van der Waals surface area contributed by atoms with Crippen LogP contribution in [0.25, 0.3) is 0 Å². The van der Waals surface area contributed by atoms with Crippen LogP contribution < -0.4 is 5.73 Å². The maximum Gasteiger partial charge on any atom is 0.239 e. The summed E-state index contributed by atoms with van der Waals surface area (Å²) in [5, 5.41) is 9.37. The summed E-state index contributed by atoms with van der Waals surface area (Å²) in [6.07, 6.45) is 3.37. The summed E-state index contributed by atoms with van der Waals surface area (Å²) in [5.74, 6) is 0.686. The first-order valence-electron chi connectivity index (χ1n) is 10.9. The molecular formula is C25H28N2O4. The molecule has 1 aliphatic carbocycles. The molecule has 2 aromatic rings. The van der Waals surface area contributed by atoms with E-state index >= 15 is 0 Å². The molecule has 31 heavy (non-hydrogen) atoms. The van der Waals surface area contributed by atoms with E-state index < -0.39 is 6.04 Å². The molecule has 1 amide bonds. The maximum absolute atomic E-state index is 12.7. The second-order valence-corrected chi connectivity index (χ2v) is 8.75. The number of hydrogen-bond acceptors (Lipinski definition) is 5. The highest BCUT2D eigenvalue weighted by molar-refractivity contribution is 5.97. The van der Waals surface area contributed by atoms with Crippen molar-refractivity contribution in [3.63, 3.8) is 0 Å². The Balaban J connectivity index is 1.27. The average Bonchev–Trinajstić information content (AvgIpc) is 3.14. The standard InChI is InChI=1S/C25H28N2O4/c26-23(11-16-1-5-21(28)6-2-16)25(31)27-9-7-17(8-10-27)12-24(30)19-4-3-18-14-22(29)15-20(18)13-19/h1-6,13,17,23,28H,7-12,14-15,26H2/t23-/m0/s1. The molecule has 1 aliphatic heterocycles. The third kappa shape index (κ3) is 5.02. The van der Waals surface area contributed by atoms with Crippen LogP contribution in [0, 0.1) is 5.92 Å². The number of ketones is 2. The minimum Gasteiger partial charge on any atom is -0.508 e. The molecule has 3 N–H and O–H groups in total. The summed E-state index contributed by atoms with van der Waals surface area (Å²) in [5.41, 5.74) is 9.75. The molecule has 1 heterocycles. The van der Waals surface area contributed by atoms with Crippen molar-refractivity contribution in [3.8, 4) is 5.75 Å². The van der Waals surface area contributed by atoms with Gasteiger partial charge in [0, 0.05) is 37.9 Å². The van der Waals surface area contributed by atoms with Crippen LogP contribution in [0.3, 0.4) is 0 Å². The van der Waals surface area contributed by atoms with E-state index in [4.69, 9.17) is 5.73 Å². The summed E-state index contributed by atoms with van der Waals surface area (Å²) in [7, 11) is 0. The third-order valence-electron chi connectivity index (χ3n) is 6.41. The number of nitrogens with zero attached hydrogens (tertiary/aromatic N) is 1. The SMILES string of the molecule is N[C@@H](Cc1ccc(O)cc1)C(=O)N1CCC(CC(=O)c2ccc3c(c2)CC(=O)C3)CC1. The minimum atomic E-state index is -0.614. The largest absolute Gasteiger partial charge is 0.508 e. The van der Waals surface area contributed by atoms with Crippen molar-refractivity contribution in [2.75, 3.05) is 13.1 Å². The van der Waals surface area contributed by atoms with Gasteiger partial charge in [-0.05, 0) is 60.1 Å². The number of Topliss-reactive ketones (excluding diaryl/α,β-unsaturated/α-hetero) is 2. The van der Waals surface area contributed by atoms with Gasteiger partial charge in [-0.3, -0.25) is 14.4 Å². The smallest absolute Gasteiger partial charge is 0.239 e. The third-order valence-corrected chi connectivity index (χ3v) is 6.41. The summed E-state index contributed by atoms with van der Waals surface area (Å²) in [6, 6.07) is 11.7. The predicted molar refractivity (Wildman–Crippen MR) is 117 cm³/mol. The molecule has 6 nitrogen and oxygen atoms in total. The van der Waals surface area contributed by atoms with Crippen molar-refractivity contribution in [2.24, 2.45) is 11.7 Å². The highest BCUT2D eigenvalue weighted by atomic mass is 16.3. The Kier molecular flexibility index (Phi) is 6.18. The van der Waals surface area contributed by atoms with Crippen LogP contribution in [0.2, 0.25) is 0 Å². The Hall–Kier alpha value is -2.99. The number of phenolic OH excluding ortho intramolecular Hbond substituents is 1. The van der Waals surface area contributed by atoms with E-state index in [0.717, 1.165) is 29.5 Å². The number of aromatic hydroxyl groups is 1. The van der Waals surface area contributed by atoms with Crippen LogP contribution in [-0.2, 0) is 28.9 Å². The van der Waals surface area contributed by atoms with Gasteiger partial charge in [-0.2, -0.15) is 0 Å². The summed E-state index contributed by atoms with van der Waals surface area (Å²) in [4.78, 5) is 38.9. The molecule has 2 aromatic carbocycles. The van der Waals surface area contributed by atoms with Gasteiger partial charge in [0.15, 0.2) is 5.78 Å². The van der Waals surface area contributed by atoms with Crippen molar-refractivity contribution in [3.05, 3.63) is 64.7 Å². The number of fused-ring (bicyclic) bond motifs is 1. The van der Waals surface area contributed by atoms with E-state index in [-0.39, 0.29) is 29.1 Å². The quantitative estimate of drug-likeness (QED) is 0.699. The molecular weight excluding hydrogens is 392 g/mol. The van der Waals surface area contributed by atoms with E-state index in [2.05, 4.69) is 0 Å². The molecule has 0 saturated carbocycles. The van der Waals surface area contributed by atoms with Gasteiger partial charge in [0.25, 0.3) is 0 Å². The average molecular weight is 421 g/mol. The monoisotopic (exact) mass is 420 g/mol. The van der Waals surface area contributed by atoms with E-state index in [1.807, 2.05) is 18.2 Å². The van der Waals surface area contributed by atoms with E-state index in [0.29, 0.717) is 44.3 Å². The number of phenols is 1. The fraction of sp³-hybridized carbons (Fsp3) is 0.400. The van der Waals surface area contributed by atoms with Gasteiger partial charge >= 0.3 is 0 Å². The molecule has 0 bridgehead atoms. The van der Waals surface area contributed by atoms with Gasteiger partial charge in [-0.1, -0.05) is 24.3 Å². The van der Waals surface area contributed by atoms with Crippen molar-refractivity contribution in [2.45, 2.75) is 44.6 Å². The Morgan fingerprint density at radius 3 is 2.42 bits per heavy atom. The molecule has 4 rings (SSSR count). The Bertz CT molecular complexity index is 991. The summed E-state index contributed by atoms with van der Waals surface area (Å²) >= 11 is 0. The molecule has 0 radical (unpaired) electrons. The van der Waals surface area contributed by atoms with Crippen molar-refractivity contribution in [1.29, 1.82) is 0 Å². The predicted octanol–water partition coefficient (Wildman–Crippen LogP) is 2.44. The lowest BCUT2D eigenvalue weighted by molar-refractivity contribution is -0.134. The molecule has 2 aliphatic rings. The van der Waals surface area contributed by atoms with Crippen molar-refractivity contribution >= 4 is 17.5 Å². The van der Waals surface area contributed by atoms with Crippen LogP contribution in [-0.4, -0.2) is 46.6 Å². The lowest BCUT2D eigenvalue weighted by Crippen LogP contribution is -2.48. The molecule has 1 saturated heterocycles. The van der Waals surface area contributed by atoms with E-state index in [1.165, 1.54) is 0 Å². The fourth-order valence-electron chi connectivity index (χ4n) is 4.57. The molecule has 162 valence electrons. The van der Waals surface area contributed by atoms with Crippen molar-refractivity contribution in [1.82, 2.24) is 4.90 Å². The molecule has 1 fully saturated rings. The normalized spacial score (nSPS) is 17.5. The lowest BCUT2D eigenvalue weighted by Gasteiger charge is -2.33. The zero-order chi connectivity index (χ0) is 22.0. The van der Waals surface area contributed by atoms with Gasteiger partial charge in [0.05, 0.1) is 6.04 Å². The first-order valence-corrected chi connectivity index (χ1v) is 10.9. The summed E-state index contributed by atoms with van der Waals surface area (Å²) < 4.78 is 0. The zero-order valence-electron chi connectivity index (χ0n) is 17.5. The van der Waals surface area contributed by atoms with Gasteiger partial charge in [-0.25, -0.2) is 0 Å². The minimum absolute atomic E-state index is 0.0684. The highest BCUT2D eigenvalue weighted by Crippen LogP contribution is 2.26. The van der Waals surface area contributed by atoms with Gasteiger partial charge < -0.3 is 15.7 Å². The fourth-order valence-corrected chi connectivity index (χ4v) is 4.57. The number of amides is 1. The van der Waals surface area contributed by atoms with Crippen LogP contribution in [0.15, 0.2) is 42.5 Å². The number of carbonyl (C=O) groups excluding carboxylic acids is 3. The Morgan fingerprint density at radius 1 is 1.03 bits per heavy atom. The van der Waals surface area contributed by atoms with E-state index in [1.54, 1.807) is 29.2 Å². The number of carbonyl (C=O) groups is 3. The number of rotatable bonds is 6.